The summed E-state index contributed by atoms with van der Waals surface area (Å²) in [5, 5.41) is 13.7. The van der Waals surface area contributed by atoms with Crippen molar-refractivity contribution in [3.05, 3.63) is 35.9 Å². The van der Waals surface area contributed by atoms with Gasteiger partial charge in [-0.15, -0.1) is 0 Å². The molecule has 0 saturated heterocycles. The molecule has 4 N–H and O–H groups in total. The van der Waals surface area contributed by atoms with Gasteiger partial charge in [-0.2, -0.15) is 0 Å². The Bertz CT molecular complexity index is 554. The number of benzene rings is 1. The lowest BCUT2D eigenvalue weighted by atomic mass is 10.0. The van der Waals surface area contributed by atoms with Crippen LogP contribution in [-0.4, -0.2) is 22.7 Å². The molecule has 0 aliphatic rings. The summed E-state index contributed by atoms with van der Waals surface area (Å²) >= 11 is 0. The minimum absolute atomic E-state index is 0.000660. The number of nitrogens with one attached hydrogen (secondary N) is 1. The van der Waals surface area contributed by atoms with Gasteiger partial charge in [0.1, 0.15) is 5.82 Å². The Balaban J connectivity index is 2.39. The van der Waals surface area contributed by atoms with Gasteiger partial charge in [0.2, 0.25) is 0 Å². The molecule has 1 aromatic carbocycles. The lowest BCUT2D eigenvalue weighted by Crippen LogP contribution is -2.29. The molecule has 4 heteroatoms. The predicted molar refractivity (Wildman–Crippen MR) is 79.0 cm³/mol. The van der Waals surface area contributed by atoms with Gasteiger partial charge in [-0.1, -0.05) is 32.0 Å². The number of pyridine rings is 1. The van der Waals surface area contributed by atoms with Gasteiger partial charge < -0.3 is 16.2 Å². The highest BCUT2D eigenvalue weighted by Gasteiger charge is 2.13. The minimum Gasteiger partial charge on any atom is -0.394 e. The van der Waals surface area contributed by atoms with Crippen molar-refractivity contribution in [1.29, 1.82) is 0 Å². The summed E-state index contributed by atoms with van der Waals surface area (Å²) in [5.41, 5.74) is 7.79. The second kappa shape index (κ2) is 5.99. The standard InChI is InChI=1S/C15H21N3O/c1-10(2)14(9-19)18-15-7-11(8-16)12-5-3-4-6-13(12)17-15/h3-7,10,14,19H,8-9,16H2,1-2H3,(H,17,18)/t14-/m1/s1. The molecule has 1 heterocycles. The van der Waals surface area contributed by atoms with E-state index in [-0.39, 0.29) is 12.6 Å². The number of aliphatic hydroxyl groups excluding tert-OH is 1. The Morgan fingerprint density at radius 1 is 1.32 bits per heavy atom. The first-order chi connectivity index (χ1) is 9.15. The van der Waals surface area contributed by atoms with Gasteiger partial charge in [0.15, 0.2) is 0 Å². The molecule has 0 fully saturated rings. The average molecular weight is 259 g/mol. The van der Waals surface area contributed by atoms with Crippen molar-refractivity contribution in [2.75, 3.05) is 11.9 Å². The van der Waals surface area contributed by atoms with Crippen LogP contribution in [-0.2, 0) is 6.54 Å². The fourth-order valence-electron chi connectivity index (χ4n) is 2.10. The Morgan fingerprint density at radius 2 is 2.05 bits per heavy atom. The predicted octanol–water partition coefficient (Wildman–Crippen LogP) is 2.12. The molecular formula is C15H21N3O. The molecule has 2 aromatic rings. The van der Waals surface area contributed by atoms with Crippen LogP contribution in [0.1, 0.15) is 19.4 Å². The van der Waals surface area contributed by atoms with Crippen LogP contribution < -0.4 is 11.1 Å². The summed E-state index contributed by atoms with van der Waals surface area (Å²) in [4.78, 5) is 4.58. The van der Waals surface area contributed by atoms with Crippen LogP contribution in [0.25, 0.3) is 10.9 Å². The molecule has 102 valence electrons. The Labute approximate surface area is 113 Å². The first-order valence-corrected chi connectivity index (χ1v) is 6.61. The van der Waals surface area contributed by atoms with Crippen LogP contribution in [0.5, 0.6) is 0 Å². The zero-order chi connectivity index (χ0) is 13.8. The van der Waals surface area contributed by atoms with E-state index in [9.17, 15) is 5.11 Å². The Morgan fingerprint density at radius 3 is 2.68 bits per heavy atom. The number of aromatic nitrogens is 1. The summed E-state index contributed by atoms with van der Waals surface area (Å²) < 4.78 is 0. The third kappa shape index (κ3) is 3.03. The molecule has 2 rings (SSSR count). The van der Waals surface area contributed by atoms with Crippen molar-refractivity contribution in [1.82, 2.24) is 4.98 Å². The third-order valence-corrected chi connectivity index (χ3v) is 3.36. The molecule has 0 aliphatic carbocycles. The van der Waals surface area contributed by atoms with Gasteiger partial charge in [-0.3, -0.25) is 0 Å². The molecule has 0 amide bonds. The number of fused-ring (bicyclic) bond motifs is 1. The molecule has 0 spiro atoms. The van der Waals surface area contributed by atoms with E-state index < -0.39 is 0 Å². The van der Waals surface area contributed by atoms with E-state index in [4.69, 9.17) is 5.73 Å². The van der Waals surface area contributed by atoms with E-state index in [1.54, 1.807) is 0 Å². The molecule has 0 radical (unpaired) electrons. The molecular weight excluding hydrogens is 238 g/mol. The number of rotatable bonds is 5. The topological polar surface area (TPSA) is 71.2 Å². The summed E-state index contributed by atoms with van der Waals surface area (Å²) in [6.45, 7) is 4.70. The van der Waals surface area contributed by atoms with E-state index in [1.165, 1.54) is 0 Å². The van der Waals surface area contributed by atoms with Crippen LogP contribution in [0.2, 0.25) is 0 Å². The van der Waals surface area contributed by atoms with Crippen molar-refractivity contribution in [2.24, 2.45) is 11.7 Å². The quantitative estimate of drug-likeness (QED) is 0.769. The lowest BCUT2D eigenvalue weighted by Gasteiger charge is -2.21. The van der Waals surface area contributed by atoms with Crippen LogP contribution >= 0.6 is 0 Å². The maximum absolute atomic E-state index is 9.38. The van der Waals surface area contributed by atoms with E-state index in [0.29, 0.717) is 12.5 Å². The molecule has 0 unspecified atom stereocenters. The van der Waals surface area contributed by atoms with Gasteiger partial charge in [-0.25, -0.2) is 4.98 Å². The minimum atomic E-state index is -0.000660. The summed E-state index contributed by atoms with van der Waals surface area (Å²) in [7, 11) is 0. The van der Waals surface area contributed by atoms with Crippen molar-refractivity contribution in [2.45, 2.75) is 26.4 Å². The van der Waals surface area contributed by atoms with E-state index in [0.717, 1.165) is 22.3 Å². The van der Waals surface area contributed by atoms with Gasteiger partial charge in [0, 0.05) is 11.9 Å². The molecule has 4 nitrogen and oxygen atoms in total. The van der Waals surface area contributed by atoms with Crippen molar-refractivity contribution in [3.8, 4) is 0 Å². The molecule has 0 aliphatic heterocycles. The summed E-state index contributed by atoms with van der Waals surface area (Å²) in [6, 6.07) is 9.92. The SMILES string of the molecule is CC(C)[C@@H](CO)Nc1cc(CN)c2ccccc2n1. The number of nitrogens with two attached hydrogens (primary N) is 1. The lowest BCUT2D eigenvalue weighted by molar-refractivity contribution is 0.249. The van der Waals surface area contributed by atoms with Gasteiger partial charge in [0.05, 0.1) is 18.2 Å². The first-order valence-electron chi connectivity index (χ1n) is 6.61. The number of anilines is 1. The van der Waals surface area contributed by atoms with E-state index >= 15 is 0 Å². The van der Waals surface area contributed by atoms with Crippen LogP contribution in [0.15, 0.2) is 30.3 Å². The number of nitrogens with zero attached hydrogens (tertiary/aromatic N) is 1. The summed E-state index contributed by atoms with van der Waals surface area (Å²) in [5.74, 6) is 1.10. The monoisotopic (exact) mass is 259 g/mol. The highest BCUT2D eigenvalue weighted by molar-refractivity contribution is 5.84. The van der Waals surface area contributed by atoms with Crippen LogP contribution in [0.4, 0.5) is 5.82 Å². The van der Waals surface area contributed by atoms with Crippen LogP contribution in [0.3, 0.4) is 0 Å². The van der Waals surface area contributed by atoms with Crippen molar-refractivity contribution in [3.63, 3.8) is 0 Å². The van der Waals surface area contributed by atoms with Gasteiger partial charge >= 0.3 is 0 Å². The fraction of sp³-hybridized carbons (Fsp3) is 0.400. The highest BCUT2D eigenvalue weighted by Crippen LogP contribution is 2.21. The second-order valence-electron chi connectivity index (χ2n) is 5.07. The molecule has 19 heavy (non-hydrogen) atoms. The molecule has 1 atom stereocenters. The second-order valence-corrected chi connectivity index (χ2v) is 5.07. The largest absolute Gasteiger partial charge is 0.394 e. The maximum atomic E-state index is 9.38. The van der Waals surface area contributed by atoms with Gasteiger partial charge in [0.25, 0.3) is 0 Å². The third-order valence-electron chi connectivity index (χ3n) is 3.36. The maximum Gasteiger partial charge on any atom is 0.127 e. The highest BCUT2D eigenvalue weighted by atomic mass is 16.3. The van der Waals surface area contributed by atoms with Gasteiger partial charge in [-0.05, 0) is 23.6 Å². The van der Waals surface area contributed by atoms with E-state index in [1.807, 2.05) is 30.3 Å². The van der Waals surface area contributed by atoms with Crippen molar-refractivity contribution >= 4 is 16.7 Å². The molecule has 0 bridgehead atoms. The average Bonchev–Trinajstić information content (AvgIpc) is 2.43. The normalized spacial score (nSPS) is 12.9. The number of aliphatic hydroxyl groups is 1. The smallest absolute Gasteiger partial charge is 0.127 e. The number of hydrogen-bond donors (Lipinski definition) is 3. The Hall–Kier alpha value is -1.65. The summed E-state index contributed by atoms with van der Waals surface area (Å²) in [6.07, 6.45) is 0. The van der Waals surface area contributed by atoms with Crippen molar-refractivity contribution < 1.29 is 5.11 Å². The number of hydrogen-bond acceptors (Lipinski definition) is 4. The molecule has 0 saturated carbocycles. The molecule has 1 aromatic heterocycles. The fourth-order valence-corrected chi connectivity index (χ4v) is 2.10. The zero-order valence-electron chi connectivity index (χ0n) is 11.4. The zero-order valence-corrected chi connectivity index (χ0v) is 11.4. The first kappa shape index (κ1) is 13.8. The Kier molecular flexibility index (Phi) is 4.35. The van der Waals surface area contributed by atoms with Crippen LogP contribution in [0, 0.1) is 5.92 Å². The number of para-hydroxylation sites is 1. The van der Waals surface area contributed by atoms with E-state index in [2.05, 4.69) is 24.1 Å².